The molecule has 0 aliphatic carbocycles. The van der Waals surface area contributed by atoms with Gasteiger partial charge in [-0.05, 0) is 12.1 Å². The van der Waals surface area contributed by atoms with Gasteiger partial charge in [-0.25, -0.2) is 0 Å². The van der Waals surface area contributed by atoms with E-state index >= 15 is 0 Å². The molecule has 0 radical (unpaired) electrons. The first-order valence-electron chi connectivity index (χ1n) is 5.11. The van der Waals surface area contributed by atoms with Crippen molar-refractivity contribution in [3.63, 3.8) is 0 Å². The van der Waals surface area contributed by atoms with Gasteiger partial charge in [0, 0.05) is 10.7 Å². The maximum absolute atomic E-state index is 12.7. The van der Waals surface area contributed by atoms with Crippen LogP contribution in [0, 0.1) is 5.41 Å². The highest BCUT2D eigenvalue weighted by Gasteiger charge is 2.34. The van der Waals surface area contributed by atoms with E-state index in [-0.39, 0.29) is 17.8 Å². The third kappa shape index (κ3) is 4.22. The molecule has 0 aliphatic heterocycles. The van der Waals surface area contributed by atoms with Gasteiger partial charge >= 0.3 is 6.18 Å². The zero-order valence-electron chi connectivity index (χ0n) is 9.64. The lowest BCUT2D eigenvalue weighted by atomic mass is 9.98. The fourth-order valence-corrected chi connectivity index (χ4v) is 1.30. The van der Waals surface area contributed by atoms with E-state index in [1.165, 1.54) is 18.2 Å². The third-order valence-corrected chi connectivity index (χ3v) is 3.69. The molecule has 0 heterocycles. The Bertz CT molecular complexity index is 374. The van der Waals surface area contributed by atoms with Gasteiger partial charge in [-0.1, -0.05) is 41.9 Å². The van der Waals surface area contributed by atoms with Crippen molar-refractivity contribution in [2.45, 2.75) is 20.0 Å². The van der Waals surface area contributed by atoms with E-state index in [2.05, 4.69) is 15.9 Å². The number of hydrogen-bond acceptors (Lipinski definition) is 1. The van der Waals surface area contributed by atoms with Crippen LogP contribution in [0.2, 0.25) is 0 Å². The first-order chi connectivity index (χ1) is 7.76. The zero-order valence-corrected chi connectivity index (χ0v) is 11.2. The molecular weight excluding hydrogens is 297 g/mol. The molecule has 1 rings (SSSR count). The summed E-state index contributed by atoms with van der Waals surface area (Å²) in [6.07, 6.45) is -4.38. The molecule has 96 valence electrons. The molecule has 0 aliphatic rings. The van der Waals surface area contributed by atoms with Crippen molar-refractivity contribution in [1.82, 2.24) is 0 Å². The number of para-hydroxylation sites is 1. The van der Waals surface area contributed by atoms with Crippen LogP contribution >= 0.6 is 15.9 Å². The normalized spacial score (nSPS) is 12.6. The van der Waals surface area contributed by atoms with Crippen LogP contribution < -0.4 is 4.74 Å². The summed E-state index contributed by atoms with van der Waals surface area (Å²) >= 11 is 3.30. The minimum absolute atomic E-state index is 0.117. The number of benzene rings is 1. The molecule has 17 heavy (non-hydrogen) atoms. The second kappa shape index (κ2) is 5.29. The van der Waals surface area contributed by atoms with Crippen molar-refractivity contribution in [1.29, 1.82) is 0 Å². The van der Waals surface area contributed by atoms with Crippen LogP contribution in [0.1, 0.15) is 19.4 Å². The van der Waals surface area contributed by atoms with E-state index in [1.807, 2.05) is 13.8 Å². The maximum Gasteiger partial charge on any atom is 0.419 e. The van der Waals surface area contributed by atoms with E-state index < -0.39 is 11.7 Å². The third-order valence-electron chi connectivity index (χ3n) is 2.17. The summed E-state index contributed by atoms with van der Waals surface area (Å²) in [6, 6.07) is 5.25. The van der Waals surface area contributed by atoms with Crippen LogP contribution in [0.4, 0.5) is 13.2 Å². The SMILES string of the molecule is CC(C)(CBr)COc1ccccc1C(F)(F)F. The Balaban J connectivity index is 2.85. The predicted molar refractivity (Wildman–Crippen MR) is 64.5 cm³/mol. The van der Waals surface area contributed by atoms with Crippen LogP contribution in [0.15, 0.2) is 24.3 Å². The smallest absolute Gasteiger partial charge is 0.419 e. The summed E-state index contributed by atoms with van der Waals surface area (Å²) in [6.45, 7) is 4.06. The van der Waals surface area contributed by atoms with Crippen LogP contribution in [0.25, 0.3) is 0 Å². The van der Waals surface area contributed by atoms with Gasteiger partial charge < -0.3 is 4.74 Å². The highest BCUT2D eigenvalue weighted by molar-refractivity contribution is 9.09. The van der Waals surface area contributed by atoms with Gasteiger partial charge in [0.25, 0.3) is 0 Å². The van der Waals surface area contributed by atoms with Crippen LogP contribution in [-0.2, 0) is 6.18 Å². The molecule has 5 heteroatoms. The van der Waals surface area contributed by atoms with E-state index in [0.717, 1.165) is 6.07 Å². The molecule has 0 bridgehead atoms. The lowest BCUT2D eigenvalue weighted by Gasteiger charge is -2.23. The van der Waals surface area contributed by atoms with Gasteiger partial charge in [0.15, 0.2) is 0 Å². The largest absolute Gasteiger partial charge is 0.492 e. The minimum atomic E-state index is -4.38. The summed E-state index contributed by atoms with van der Waals surface area (Å²) in [5.74, 6) is -0.117. The van der Waals surface area contributed by atoms with E-state index in [9.17, 15) is 13.2 Å². The van der Waals surface area contributed by atoms with Crippen LogP contribution in [-0.4, -0.2) is 11.9 Å². The molecule has 1 aromatic carbocycles. The fraction of sp³-hybridized carbons (Fsp3) is 0.500. The van der Waals surface area contributed by atoms with Gasteiger partial charge in [0.05, 0.1) is 12.2 Å². The van der Waals surface area contributed by atoms with Crippen LogP contribution in [0.3, 0.4) is 0 Å². The summed E-state index contributed by atoms with van der Waals surface area (Å²) in [7, 11) is 0. The van der Waals surface area contributed by atoms with Crippen molar-refractivity contribution in [3.05, 3.63) is 29.8 Å². The average molecular weight is 311 g/mol. The monoisotopic (exact) mass is 310 g/mol. The molecule has 0 aromatic heterocycles. The Kier molecular flexibility index (Phi) is 4.47. The lowest BCUT2D eigenvalue weighted by molar-refractivity contribution is -0.139. The average Bonchev–Trinajstić information content (AvgIpc) is 2.26. The molecule has 1 aromatic rings. The molecule has 0 unspecified atom stereocenters. The molecule has 0 amide bonds. The standard InChI is InChI=1S/C12H14BrF3O/c1-11(2,7-13)8-17-10-6-4-3-5-9(10)12(14,15)16/h3-6H,7-8H2,1-2H3. The molecule has 0 fully saturated rings. The molecular formula is C12H14BrF3O. The second-order valence-corrected chi connectivity index (χ2v) is 5.14. The highest BCUT2D eigenvalue weighted by atomic mass is 79.9. The van der Waals surface area contributed by atoms with Crippen molar-refractivity contribution in [2.75, 3.05) is 11.9 Å². The Morgan fingerprint density at radius 1 is 1.18 bits per heavy atom. The molecule has 0 saturated carbocycles. The Morgan fingerprint density at radius 3 is 2.29 bits per heavy atom. The minimum Gasteiger partial charge on any atom is -0.492 e. The number of alkyl halides is 4. The topological polar surface area (TPSA) is 9.23 Å². The van der Waals surface area contributed by atoms with Gasteiger partial charge in [-0.15, -0.1) is 0 Å². The Morgan fingerprint density at radius 2 is 1.76 bits per heavy atom. The Hall–Kier alpha value is -0.710. The first-order valence-corrected chi connectivity index (χ1v) is 6.23. The van der Waals surface area contributed by atoms with E-state index in [4.69, 9.17) is 4.74 Å². The first kappa shape index (κ1) is 14.4. The number of rotatable bonds is 4. The summed E-state index contributed by atoms with van der Waals surface area (Å²) < 4.78 is 43.3. The summed E-state index contributed by atoms with van der Waals surface area (Å²) in [4.78, 5) is 0. The van der Waals surface area contributed by atoms with Crippen molar-refractivity contribution in [2.24, 2.45) is 5.41 Å². The molecule has 1 nitrogen and oxygen atoms in total. The van der Waals surface area contributed by atoms with Crippen LogP contribution in [0.5, 0.6) is 5.75 Å². The fourth-order valence-electron chi connectivity index (χ4n) is 1.14. The van der Waals surface area contributed by atoms with E-state index in [1.54, 1.807) is 0 Å². The van der Waals surface area contributed by atoms with Gasteiger partial charge in [-0.3, -0.25) is 0 Å². The summed E-state index contributed by atoms with van der Waals surface area (Å²) in [5, 5.41) is 0.661. The highest BCUT2D eigenvalue weighted by Crippen LogP contribution is 2.36. The zero-order chi connectivity index (χ0) is 13.1. The lowest BCUT2D eigenvalue weighted by Crippen LogP contribution is -2.23. The number of ether oxygens (including phenoxy) is 1. The van der Waals surface area contributed by atoms with Crippen molar-refractivity contribution < 1.29 is 17.9 Å². The quantitative estimate of drug-likeness (QED) is 0.744. The Labute approximate surface area is 107 Å². The van der Waals surface area contributed by atoms with Crippen molar-refractivity contribution >= 4 is 15.9 Å². The molecule has 0 N–H and O–H groups in total. The number of halogens is 4. The molecule has 0 atom stereocenters. The maximum atomic E-state index is 12.7. The van der Waals surface area contributed by atoms with Crippen molar-refractivity contribution in [3.8, 4) is 5.75 Å². The van der Waals surface area contributed by atoms with Gasteiger partial charge in [-0.2, -0.15) is 13.2 Å². The number of hydrogen-bond donors (Lipinski definition) is 0. The second-order valence-electron chi connectivity index (χ2n) is 4.58. The van der Waals surface area contributed by atoms with Gasteiger partial charge in [0.1, 0.15) is 5.75 Å². The molecule has 0 saturated heterocycles. The summed E-state index contributed by atoms with van der Waals surface area (Å²) in [5.41, 5.74) is -0.941. The predicted octanol–water partition coefficient (Wildman–Crippen LogP) is 4.51. The van der Waals surface area contributed by atoms with Gasteiger partial charge in [0.2, 0.25) is 0 Å². The molecule has 0 spiro atoms. The van der Waals surface area contributed by atoms with E-state index in [0.29, 0.717) is 5.33 Å².